The number of aromatic nitrogens is 2. The van der Waals surface area contributed by atoms with E-state index in [1.807, 2.05) is 55.5 Å². The molecule has 1 aromatic heterocycles. The predicted molar refractivity (Wildman–Crippen MR) is 132 cm³/mol. The van der Waals surface area contributed by atoms with Crippen molar-refractivity contribution in [2.45, 2.75) is 58.1 Å². The smallest absolute Gasteiger partial charge is 0.257 e. The van der Waals surface area contributed by atoms with Crippen LogP contribution >= 0.6 is 0 Å². The first-order valence-electron chi connectivity index (χ1n) is 11.9. The van der Waals surface area contributed by atoms with E-state index in [0.29, 0.717) is 55.8 Å². The highest BCUT2D eigenvalue weighted by molar-refractivity contribution is 5.72. The first-order chi connectivity index (χ1) is 16.5. The van der Waals surface area contributed by atoms with Crippen molar-refractivity contribution in [2.24, 2.45) is 0 Å². The van der Waals surface area contributed by atoms with E-state index in [-0.39, 0.29) is 12.1 Å². The Labute approximate surface area is 200 Å². The van der Waals surface area contributed by atoms with Crippen LogP contribution in [-0.2, 0) is 24.1 Å². The van der Waals surface area contributed by atoms with E-state index < -0.39 is 5.60 Å². The minimum Gasteiger partial charge on any atom is -0.388 e. The SMILES string of the molecule is CCCc1nc(C)n(CC2(O)CCOCC2)c(=O)c1Cc1cccc(-c2ccccc2)c1C#N. The van der Waals surface area contributed by atoms with Crippen LogP contribution in [0.4, 0.5) is 0 Å². The van der Waals surface area contributed by atoms with Crippen LogP contribution in [0.2, 0.25) is 0 Å². The van der Waals surface area contributed by atoms with Gasteiger partial charge in [-0.1, -0.05) is 61.9 Å². The Morgan fingerprint density at radius 1 is 1.15 bits per heavy atom. The molecule has 0 atom stereocenters. The number of nitrogens with zero attached hydrogens (tertiary/aromatic N) is 3. The van der Waals surface area contributed by atoms with E-state index in [9.17, 15) is 15.2 Å². The molecule has 4 rings (SSSR count). The van der Waals surface area contributed by atoms with Crippen molar-refractivity contribution in [3.05, 3.63) is 87.1 Å². The number of nitriles is 1. The summed E-state index contributed by atoms with van der Waals surface area (Å²) in [5.41, 5.74) is 3.46. The van der Waals surface area contributed by atoms with Gasteiger partial charge in [-0.05, 0) is 30.0 Å². The van der Waals surface area contributed by atoms with Gasteiger partial charge in [0.15, 0.2) is 0 Å². The van der Waals surface area contributed by atoms with Gasteiger partial charge in [0, 0.05) is 38.0 Å². The Kier molecular flexibility index (Phi) is 7.26. The fourth-order valence-electron chi connectivity index (χ4n) is 4.70. The lowest BCUT2D eigenvalue weighted by atomic mass is 9.92. The molecule has 0 aliphatic carbocycles. The summed E-state index contributed by atoms with van der Waals surface area (Å²) >= 11 is 0. The molecule has 0 bridgehead atoms. The molecule has 1 fully saturated rings. The number of hydrogen-bond donors (Lipinski definition) is 1. The minimum absolute atomic E-state index is 0.134. The van der Waals surface area contributed by atoms with Crippen LogP contribution in [0.1, 0.15) is 54.4 Å². The standard InChI is InChI=1S/C28H31N3O3/c1-3-8-26-24(27(32)31(20(2)30-26)19-28(33)13-15-34-16-14-28)17-22-11-7-12-23(25(22)18-29)21-9-5-4-6-10-21/h4-7,9-12,33H,3,8,13-17,19H2,1-2H3. The normalized spacial score (nSPS) is 15.1. The number of ether oxygens (including phenoxy) is 1. The van der Waals surface area contributed by atoms with Gasteiger partial charge in [0.1, 0.15) is 11.9 Å². The lowest BCUT2D eigenvalue weighted by Gasteiger charge is -2.33. The van der Waals surface area contributed by atoms with Crippen molar-refractivity contribution in [1.29, 1.82) is 5.26 Å². The number of hydrogen-bond acceptors (Lipinski definition) is 5. The third-order valence-electron chi connectivity index (χ3n) is 6.62. The van der Waals surface area contributed by atoms with Gasteiger partial charge >= 0.3 is 0 Å². The molecular formula is C28H31N3O3. The van der Waals surface area contributed by atoms with Crippen LogP contribution in [0.3, 0.4) is 0 Å². The van der Waals surface area contributed by atoms with Crippen LogP contribution in [0, 0.1) is 18.3 Å². The van der Waals surface area contributed by atoms with Crippen molar-refractivity contribution in [3.63, 3.8) is 0 Å². The molecule has 3 aromatic rings. The second-order valence-electron chi connectivity index (χ2n) is 9.06. The van der Waals surface area contributed by atoms with Crippen LogP contribution in [0.15, 0.2) is 53.3 Å². The zero-order chi connectivity index (χ0) is 24.1. The van der Waals surface area contributed by atoms with E-state index in [0.717, 1.165) is 28.8 Å². The van der Waals surface area contributed by atoms with E-state index in [1.54, 1.807) is 4.57 Å². The molecule has 6 nitrogen and oxygen atoms in total. The zero-order valence-corrected chi connectivity index (χ0v) is 19.9. The zero-order valence-electron chi connectivity index (χ0n) is 19.9. The second-order valence-corrected chi connectivity index (χ2v) is 9.06. The summed E-state index contributed by atoms with van der Waals surface area (Å²) in [6.07, 6.45) is 2.85. The highest BCUT2D eigenvalue weighted by Crippen LogP contribution is 2.28. The van der Waals surface area contributed by atoms with Crippen LogP contribution < -0.4 is 5.56 Å². The molecule has 1 N–H and O–H groups in total. The summed E-state index contributed by atoms with van der Waals surface area (Å²) < 4.78 is 7.00. The third-order valence-corrected chi connectivity index (χ3v) is 6.62. The maximum absolute atomic E-state index is 13.8. The van der Waals surface area contributed by atoms with Gasteiger partial charge in [-0.25, -0.2) is 4.98 Å². The van der Waals surface area contributed by atoms with Crippen LogP contribution in [0.25, 0.3) is 11.1 Å². The molecule has 0 unspecified atom stereocenters. The lowest BCUT2D eigenvalue weighted by molar-refractivity contribution is -0.0737. The maximum Gasteiger partial charge on any atom is 0.257 e. The molecule has 2 heterocycles. The largest absolute Gasteiger partial charge is 0.388 e. The monoisotopic (exact) mass is 457 g/mol. The topological polar surface area (TPSA) is 88.1 Å². The number of rotatable bonds is 7. The Morgan fingerprint density at radius 2 is 1.88 bits per heavy atom. The predicted octanol–water partition coefficient (Wildman–Crippen LogP) is 4.18. The van der Waals surface area contributed by atoms with Crippen molar-refractivity contribution in [1.82, 2.24) is 9.55 Å². The molecular weight excluding hydrogens is 426 g/mol. The summed E-state index contributed by atoms with van der Waals surface area (Å²) in [4.78, 5) is 18.5. The van der Waals surface area contributed by atoms with E-state index in [2.05, 4.69) is 13.0 Å². The molecule has 0 radical (unpaired) electrons. The van der Waals surface area contributed by atoms with E-state index in [4.69, 9.17) is 9.72 Å². The first-order valence-corrected chi connectivity index (χ1v) is 11.9. The highest BCUT2D eigenvalue weighted by Gasteiger charge is 2.32. The second kappa shape index (κ2) is 10.3. The van der Waals surface area contributed by atoms with Crippen molar-refractivity contribution >= 4 is 0 Å². The fraction of sp³-hybridized carbons (Fsp3) is 0.393. The van der Waals surface area contributed by atoms with Gasteiger partial charge in [0.2, 0.25) is 0 Å². The van der Waals surface area contributed by atoms with Gasteiger partial charge in [-0.2, -0.15) is 5.26 Å². The van der Waals surface area contributed by atoms with Crippen LogP contribution in [0.5, 0.6) is 0 Å². The molecule has 0 saturated carbocycles. The molecule has 0 spiro atoms. The molecule has 6 heteroatoms. The third kappa shape index (κ3) is 4.96. The average molecular weight is 458 g/mol. The van der Waals surface area contributed by atoms with E-state index >= 15 is 0 Å². The van der Waals surface area contributed by atoms with Gasteiger partial charge in [0.25, 0.3) is 5.56 Å². The van der Waals surface area contributed by atoms with Gasteiger partial charge in [-0.15, -0.1) is 0 Å². The number of aryl methyl sites for hydroxylation is 2. The van der Waals surface area contributed by atoms with Crippen molar-refractivity contribution in [2.75, 3.05) is 13.2 Å². The van der Waals surface area contributed by atoms with Crippen molar-refractivity contribution < 1.29 is 9.84 Å². The Morgan fingerprint density at radius 3 is 2.56 bits per heavy atom. The minimum atomic E-state index is -0.983. The Balaban J connectivity index is 1.79. The van der Waals surface area contributed by atoms with Crippen LogP contribution in [-0.4, -0.2) is 33.5 Å². The fourth-order valence-corrected chi connectivity index (χ4v) is 4.70. The maximum atomic E-state index is 13.8. The highest BCUT2D eigenvalue weighted by atomic mass is 16.5. The summed E-state index contributed by atoms with van der Waals surface area (Å²) in [5, 5.41) is 21.1. The quantitative estimate of drug-likeness (QED) is 0.575. The summed E-state index contributed by atoms with van der Waals surface area (Å²) in [6.45, 7) is 5.05. The van der Waals surface area contributed by atoms with E-state index in [1.165, 1.54) is 0 Å². The Bertz CT molecular complexity index is 1250. The molecule has 176 valence electrons. The van der Waals surface area contributed by atoms with Gasteiger partial charge in [0.05, 0.1) is 23.4 Å². The van der Waals surface area contributed by atoms with Gasteiger partial charge in [-0.3, -0.25) is 9.36 Å². The first kappa shape index (κ1) is 23.9. The Hall–Kier alpha value is -3.27. The number of benzene rings is 2. The molecule has 1 aliphatic heterocycles. The summed E-state index contributed by atoms with van der Waals surface area (Å²) in [7, 11) is 0. The van der Waals surface area contributed by atoms with Crippen molar-refractivity contribution in [3.8, 4) is 17.2 Å². The van der Waals surface area contributed by atoms with Gasteiger partial charge < -0.3 is 9.84 Å². The molecule has 1 saturated heterocycles. The summed E-state index contributed by atoms with van der Waals surface area (Å²) in [6, 6.07) is 18.0. The lowest BCUT2D eigenvalue weighted by Crippen LogP contribution is -2.44. The molecule has 1 aliphatic rings. The summed E-state index contributed by atoms with van der Waals surface area (Å²) in [5.74, 6) is 0.607. The average Bonchev–Trinajstić information content (AvgIpc) is 2.85. The molecule has 0 amide bonds. The molecule has 34 heavy (non-hydrogen) atoms. The number of aliphatic hydroxyl groups is 1. The molecule has 2 aromatic carbocycles.